The third-order valence-corrected chi connectivity index (χ3v) is 6.20. The van der Waals surface area contributed by atoms with Gasteiger partial charge in [-0.2, -0.15) is 0 Å². The molecule has 1 aromatic carbocycles. The Labute approximate surface area is 144 Å². The van der Waals surface area contributed by atoms with Crippen LogP contribution in [0.3, 0.4) is 0 Å². The molecule has 1 saturated heterocycles. The first-order valence-corrected chi connectivity index (χ1v) is 9.40. The molecule has 4 atom stereocenters. The maximum atomic E-state index is 10.5. The maximum absolute atomic E-state index is 10.5. The standard InChI is InChI=1S/C20H29NO3/c1-13(2)24-15-6-4-14(5-7-15)17(22)12-21-18-16-8-11-23-19(16)20(18)9-3-10-20/h4-7,13,16-19,21-22H,3,8-12H2,1-2H3. The Morgan fingerprint density at radius 3 is 2.67 bits per heavy atom. The molecule has 3 fully saturated rings. The fourth-order valence-corrected chi connectivity index (χ4v) is 4.96. The lowest BCUT2D eigenvalue weighted by molar-refractivity contribution is -0.177. The van der Waals surface area contributed by atoms with E-state index in [-0.39, 0.29) is 6.10 Å². The first kappa shape index (κ1) is 16.4. The van der Waals surface area contributed by atoms with E-state index in [0.29, 0.717) is 30.0 Å². The monoisotopic (exact) mass is 331 g/mol. The molecule has 132 valence electrons. The van der Waals surface area contributed by atoms with E-state index in [1.54, 1.807) is 0 Å². The Bertz CT molecular complexity index is 567. The fourth-order valence-electron chi connectivity index (χ4n) is 4.96. The first-order chi connectivity index (χ1) is 11.6. The lowest BCUT2D eigenvalue weighted by Gasteiger charge is -2.63. The Kier molecular flexibility index (Phi) is 4.31. The highest BCUT2D eigenvalue weighted by Gasteiger charge is 2.66. The average Bonchev–Trinajstić information content (AvgIpc) is 2.91. The van der Waals surface area contributed by atoms with Crippen molar-refractivity contribution >= 4 is 0 Å². The zero-order valence-corrected chi connectivity index (χ0v) is 14.7. The molecule has 4 rings (SSSR count). The third kappa shape index (κ3) is 2.65. The maximum Gasteiger partial charge on any atom is 0.119 e. The predicted molar refractivity (Wildman–Crippen MR) is 93.1 cm³/mol. The van der Waals surface area contributed by atoms with Crippen molar-refractivity contribution in [3.63, 3.8) is 0 Å². The summed E-state index contributed by atoms with van der Waals surface area (Å²) in [6.07, 6.45) is 5.23. The number of nitrogens with one attached hydrogen (secondary N) is 1. The zero-order chi connectivity index (χ0) is 16.7. The van der Waals surface area contributed by atoms with Gasteiger partial charge in [-0.25, -0.2) is 0 Å². The summed E-state index contributed by atoms with van der Waals surface area (Å²) >= 11 is 0. The lowest BCUT2D eigenvalue weighted by Crippen LogP contribution is -2.71. The molecule has 2 aliphatic carbocycles. The van der Waals surface area contributed by atoms with Crippen molar-refractivity contribution in [3.05, 3.63) is 29.8 Å². The summed E-state index contributed by atoms with van der Waals surface area (Å²) in [5, 5.41) is 14.2. The van der Waals surface area contributed by atoms with Crippen LogP contribution in [-0.4, -0.2) is 36.5 Å². The van der Waals surface area contributed by atoms with Crippen molar-refractivity contribution in [1.29, 1.82) is 0 Å². The summed E-state index contributed by atoms with van der Waals surface area (Å²) in [4.78, 5) is 0. The number of ether oxygens (including phenoxy) is 2. The quantitative estimate of drug-likeness (QED) is 0.841. The third-order valence-electron chi connectivity index (χ3n) is 6.20. The SMILES string of the molecule is CC(C)Oc1ccc(C(O)CNC2C3CCOC3C23CCC3)cc1. The largest absolute Gasteiger partial charge is 0.491 e. The minimum absolute atomic E-state index is 0.168. The first-order valence-electron chi connectivity index (χ1n) is 9.40. The summed E-state index contributed by atoms with van der Waals surface area (Å²) < 4.78 is 11.6. The van der Waals surface area contributed by atoms with Gasteiger partial charge in [0, 0.05) is 30.5 Å². The minimum atomic E-state index is -0.475. The van der Waals surface area contributed by atoms with Crippen LogP contribution in [0.2, 0.25) is 0 Å². The number of fused-ring (bicyclic) bond motifs is 2. The minimum Gasteiger partial charge on any atom is -0.491 e. The molecule has 2 saturated carbocycles. The highest BCUT2D eigenvalue weighted by atomic mass is 16.5. The van der Waals surface area contributed by atoms with Gasteiger partial charge in [0.2, 0.25) is 0 Å². The van der Waals surface area contributed by atoms with Crippen molar-refractivity contribution in [3.8, 4) is 5.75 Å². The van der Waals surface area contributed by atoms with Gasteiger partial charge in [-0.1, -0.05) is 18.6 Å². The Morgan fingerprint density at radius 2 is 2.04 bits per heavy atom. The van der Waals surface area contributed by atoms with E-state index < -0.39 is 6.10 Å². The molecule has 0 radical (unpaired) electrons. The van der Waals surface area contributed by atoms with Crippen LogP contribution in [0.4, 0.5) is 0 Å². The number of benzene rings is 1. The van der Waals surface area contributed by atoms with Gasteiger partial charge in [0.05, 0.1) is 18.3 Å². The van der Waals surface area contributed by atoms with Crippen molar-refractivity contribution in [2.24, 2.45) is 11.3 Å². The second kappa shape index (κ2) is 6.32. The van der Waals surface area contributed by atoms with Crippen LogP contribution >= 0.6 is 0 Å². The molecule has 4 nitrogen and oxygen atoms in total. The van der Waals surface area contributed by atoms with Crippen LogP contribution in [0.25, 0.3) is 0 Å². The van der Waals surface area contributed by atoms with Gasteiger partial charge in [-0.15, -0.1) is 0 Å². The van der Waals surface area contributed by atoms with Crippen LogP contribution in [0.1, 0.15) is 51.2 Å². The number of aliphatic hydroxyl groups excluding tert-OH is 1. The zero-order valence-electron chi connectivity index (χ0n) is 14.7. The molecule has 1 aliphatic heterocycles. The molecule has 1 heterocycles. The molecule has 4 unspecified atom stereocenters. The lowest BCUT2D eigenvalue weighted by atomic mass is 9.46. The van der Waals surface area contributed by atoms with Crippen molar-refractivity contribution in [2.75, 3.05) is 13.2 Å². The van der Waals surface area contributed by atoms with E-state index in [1.807, 2.05) is 38.1 Å². The molecule has 24 heavy (non-hydrogen) atoms. The second-order valence-electron chi connectivity index (χ2n) is 7.97. The Hall–Kier alpha value is -1.10. The number of hydrogen-bond acceptors (Lipinski definition) is 4. The van der Waals surface area contributed by atoms with Crippen LogP contribution in [-0.2, 0) is 4.74 Å². The van der Waals surface area contributed by atoms with Gasteiger partial charge in [0.1, 0.15) is 5.75 Å². The molecule has 0 amide bonds. The molecule has 0 aromatic heterocycles. The number of rotatable bonds is 6. The van der Waals surface area contributed by atoms with E-state index in [0.717, 1.165) is 17.9 Å². The molecule has 4 heteroatoms. The smallest absolute Gasteiger partial charge is 0.119 e. The highest BCUT2D eigenvalue weighted by molar-refractivity contribution is 5.29. The van der Waals surface area contributed by atoms with E-state index in [9.17, 15) is 5.11 Å². The summed E-state index contributed by atoms with van der Waals surface area (Å²) in [6.45, 7) is 5.55. The fraction of sp³-hybridized carbons (Fsp3) is 0.700. The molecule has 1 spiro atoms. The van der Waals surface area contributed by atoms with E-state index in [1.165, 1.54) is 25.7 Å². The number of aliphatic hydroxyl groups is 1. The van der Waals surface area contributed by atoms with Gasteiger partial charge in [0.25, 0.3) is 0 Å². The molecule has 1 aromatic rings. The topological polar surface area (TPSA) is 50.7 Å². The van der Waals surface area contributed by atoms with Gasteiger partial charge < -0.3 is 19.9 Å². The summed E-state index contributed by atoms with van der Waals surface area (Å²) in [7, 11) is 0. The highest BCUT2D eigenvalue weighted by Crippen LogP contribution is 2.62. The van der Waals surface area contributed by atoms with Crippen molar-refractivity contribution < 1.29 is 14.6 Å². The Morgan fingerprint density at radius 1 is 1.29 bits per heavy atom. The molecule has 3 aliphatic rings. The summed E-state index contributed by atoms with van der Waals surface area (Å²) in [5.74, 6) is 1.51. The van der Waals surface area contributed by atoms with Gasteiger partial charge in [0.15, 0.2) is 0 Å². The Balaban J connectivity index is 1.34. The van der Waals surface area contributed by atoms with Crippen LogP contribution in [0.15, 0.2) is 24.3 Å². The average molecular weight is 331 g/mol. The van der Waals surface area contributed by atoms with Gasteiger partial charge in [-0.05, 0) is 50.8 Å². The molecule has 0 bridgehead atoms. The molecule has 2 N–H and O–H groups in total. The van der Waals surface area contributed by atoms with E-state index in [2.05, 4.69) is 5.32 Å². The predicted octanol–water partition coefficient (Wildman–Crippen LogP) is 3.05. The van der Waals surface area contributed by atoms with E-state index in [4.69, 9.17) is 9.47 Å². The second-order valence-corrected chi connectivity index (χ2v) is 7.97. The van der Waals surface area contributed by atoms with Crippen molar-refractivity contribution in [2.45, 2.75) is 63.9 Å². The summed E-state index contributed by atoms with van der Waals surface area (Å²) in [5.41, 5.74) is 1.32. The van der Waals surface area contributed by atoms with Gasteiger partial charge in [-0.3, -0.25) is 0 Å². The van der Waals surface area contributed by atoms with Crippen LogP contribution in [0.5, 0.6) is 5.75 Å². The van der Waals surface area contributed by atoms with Crippen molar-refractivity contribution in [1.82, 2.24) is 5.32 Å². The molecular formula is C20H29NO3. The van der Waals surface area contributed by atoms with Crippen LogP contribution in [0, 0.1) is 11.3 Å². The van der Waals surface area contributed by atoms with Crippen LogP contribution < -0.4 is 10.1 Å². The molecular weight excluding hydrogens is 302 g/mol. The number of hydrogen-bond donors (Lipinski definition) is 2. The van der Waals surface area contributed by atoms with Gasteiger partial charge >= 0.3 is 0 Å². The normalized spacial score (nSPS) is 31.4. The summed E-state index contributed by atoms with van der Waals surface area (Å²) in [6, 6.07) is 8.33. The van der Waals surface area contributed by atoms with E-state index >= 15 is 0 Å².